The molecule has 0 spiro atoms. The number of ketones is 1. The number of carbonyl (C=O) groups is 1. The maximum absolute atomic E-state index is 12.1. The van der Waals surface area contributed by atoms with Gasteiger partial charge in [-0.2, -0.15) is 0 Å². The molecule has 140 valence electrons. The number of carbonyl (C=O) groups excluding carboxylic acids is 1. The van der Waals surface area contributed by atoms with E-state index in [1.54, 1.807) is 0 Å². The average Bonchev–Trinajstić information content (AvgIpc) is 2.60. The topological polar surface area (TPSA) is 23.6 Å². The van der Waals surface area contributed by atoms with Crippen LogP contribution in [0.25, 0.3) is 0 Å². The second-order valence-corrected chi connectivity index (χ2v) is 6.99. The van der Waals surface area contributed by atoms with Crippen LogP contribution in [-0.4, -0.2) is 56.2 Å². The number of hydrogen-bond donors (Lipinski definition) is 0. The van der Waals surface area contributed by atoms with E-state index < -0.39 is 0 Å². The normalized spacial score (nSPS) is 17.2. The number of piperazine rings is 1. The van der Waals surface area contributed by atoms with E-state index in [0.29, 0.717) is 0 Å². The lowest BCUT2D eigenvalue weighted by Crippen LogP contribution is -2.46. The van der Waals surface area contributed by atoms with Crippen LogP contribution < -0.4 is 0 Å². The zero-order valence-corrected chi connectivity index (χ0v) is 17.4. The van der Waals surface area contributed by atoms with Crippen LogP contribution in [0, 0.1) is 11.8 Å². The Balaban J connectivity index is 0.00000277. The number of hydrogen-bond acceptors (Lipinski definition) is 3. The van der Waals surface area contributed by atoms with Gasteiger partial charge in [0.05, 0.1) is 7.85 Å². The Kier molecular flexibility index (Phi) is 12.3. The lowest BCUT2D eigenvalue weighted by atomic mass is 10.0. The van der Waals surface area contributed by atoms with Gasteiger partial charge >= 0.3 is 0 Å². The van der Waals surface area contributed by atoms with Crippen molar-refractivity contribution in [2.75, 3.05) is 32.7 Å². The quantitative estimate of drug-likeness (QED) is 0.395. The molecule has 25 heavy (non-hydrogen) atoms. The van der Waals surface area contributed by atoms with Gasteiger partial charge in [-0.1, -0.05) is 46.7 Å². The van der Waals surface area contributed by atoms with Gasteiger partial charge in [0.15, 0.2) is 5.78 Å². The molecule has 1 fully saturated rings. The van der Waals surface area contributed by atoms with E-state index >= 15 is 0 Å². The summed E-state index contributed by atoms with van der Waals surface area (Å²) in [6.07, 6.45) is 8.11. The zero-order chi connectivity index (χ0) is 19.4. The highest BCUT2D eigenvalue weighted by Crippen LogP contribution is 2.15. The summed E-state index contributed by atoms with van der Waals surface area (Å²) in [4.78, 5) is 17.1. The van der Waals surface area contributed by atoms with Crippen molar-refractivity contribution >= 4 is 13.6 Å². The molecule has 1 saturated heterocycles. The largest absolute Gasteiger partial charge is 0.369 e. The maximum Gasteiger partial charge on any atom is 0.165 e. The van der Waals surface area contributed by atoms with Gasteiger partial charge in [-0.05, 0) is 31.9 Å². The summed E-state index contributed by atoms with van der Waals surface area (Å²) in [7, 11) is 4.50. The highest BCUT2D eigenvalue weighted by Gasteiger charge is 2.18. The first-order valence-corrected chi connectivity index (χ1v) is 9.49. The molecule has 0 aromatic rings. The molecule has 2 radical (unpaired) electrons. The zero-order valence-electron chi connectivity index (χ0n) is 17.4. The van der Waals surface area contributed by atoms with Crippen molar-refractivity contribution < 1.29 is 4.79 Å². The van der Waals surface area contributed by atoms with Crippen LogP contribution in [0.1, 0.15) is 41.5 Å². The van der Waals surface area contributed by atoms with Gasteiger partial charge in [0.2, 0.25) is 0 Å². The second kappa shape index (κ2) is 13.0. The Morgan fingerprint density at radius 2 is 1.52 bits per heavy atom. The Morgan fingerprint density at radius 3 is 1.92 bits per heavy atom. The van der Waals surface area contributed by atoms with Gasteiger partial charge in [-0.25, -0.2) is 0 Å². The Morgan fingerprint density at radius 1 is 0.960 bits per heavy atom. The molecule has 0 saturated carbocycles. The molecule has 4 heteroatoms. The fourth-order valence-corrected chi connectivity index (χ4v) is 2.92. The second-order valence-electron chi connectivity index (χ2n) is 6.99. The summed E-state index contributed by atoms with van der Waals surface area (Å²) in [6, 6.07) is 0. The third-order valence-corrected chi connectivity index (χ3v) is 4.21. The fourth-order valence-electron chi connectivity index (χ4n) is 2.92. The molecule has 1 aliphatic rings. The van der Waals surface area contributed by atoms with Crippen molar-refractivity contribution in [1.82, 2.24) is 9.80 Å². The van der Waals surface area contributed by atoms with E-state index in [4.69, 9.17) is 0 Å². The van der Waals surface area contributed by atoms with Crippen LogP contribution in [0.5, 0.6) is 0 Å². The monoisotopic (exact) mass is 344 g/mol. The van der Waals surface area contributed by atoms with Crippen LogP contribution in [0.2, 0.25) is 6.82 Å². The summed E-state index contributed by atoms with van der Waals surface area (Å²) in [5, 5.41) is 0. The van der Waals surface area contributed by atoms with Gasteiger partial charge < -0.3 is 4.90 Å². The molecule has 1 rings (SSSR count). The average molecular weight is 344 g/mol. The Bertz CT molecular complexity index is 470. The van der Waals surface area contributed by atoms with E-state index in [9.17, 15) is 4.79 Å². The third-order valence-electron chi connectivity index (χ3n) is 4.21. The maximum atomic E-state index is 12.1. The first kappa shape index (κ1) is 23.7. The standard InChI is InChI=1S/C20H34N2O.CH3B/c1-7-18(20(23)17(5)6)9-10-19(8-2)22-13-11-21(12-14-22)15-16(3)4;1-2/h7-10,16-17H,11-15H2,1-6H3;1H3/b10-9-,18-7+,19-8+;. The van der Waals surface area contributed by atoms with Gasteiger partial charge in [0.25, 0.3) is 0 Å². The highest BCUT2D eigenvalue weighted by molar-refractivity contribution is 6.05. The predicted molar refractivity (Wildman–Crippen MR) is 111 cm³/mol. The molecule has 1 aliphatic heterocycles. The molecule has 1 heterocycles. The minimum Gasteiger partial charge on any atom is -0.369 e. The molecular weight excluding hydrogens is 307 g/mol. The van der Waals surface area contributed by atoms with Crippen molar-refractivity contribution in [2.45, 2.75) is 48.4 Å². The van der Waals surface area contributed by atoms with Crippen LogP contribution in [-0.2, 0) is 4.79 Å². The van der Waals surface area contributed by atoms with Crippen molar-refractivity contribution in [1.29, 1.82) is 0 Å². The first-order valence-electron chi connectivity index (χ1n) is 9.49. The molecule has 0 aliphatic carbocycles. The van der Waals surface area contributed by atoms with E-state index in [1.807, 2.05) is 32.9 Å². The van der Waals surface area contributed by atoms with Crippen LogP contribution in [0.15, 0.2) is 35.6 Å². The summed E-state index contributed by atoms with van der Waals surface area (Å²) in [5.41, 5.74) is 2.02. The molecule has 0 bridgehead atoms. The SMILES string of the molecule is C\C=C(/C=C\C(=C/C)N1CCN(CC(C)C)CC1)C(=O)C(C)C.[B]C. The van der Waals surface area contributed by atoms with Gasteiger partial charge in [-0.3, -0.25) is 9.69 Å². The smallest absolute Gasteiger partial charge is 0.165 e. The number of nitrogens with zero attached hydrogens (tertiary/aromatic N) is 2. The molecular formula is C21H37BN2O. The summed E-state index contributed by atoms with van der Waals surface area (Å²) >= 11 is 0. The van der Waals surface area contributed by atoms with Crippen molar-refractivity contribution in [3.63, 3.8) is 0 Å². The van der Waals surface area contributed by atoms with E-state index in [1.165, 1.54) is 19.1 Å². The summed E-state index contributed by atoms with van der Waals surface area (Å²) in [5.74, 6) is 0.974. The van der Waals surface area contributed by atoms with Gasteiger partial charge in [-0.15, -0.1) is 0 Å². The molecule has 0 N–H and O–H groups in total. The van der Waals surface area contributed by atoms with E-state index in [-0.39, 0.29) is 11.7 Å². The van der Waals surface area contributed by atoms with Gasteiger partial charge in [0.1, 0.15) is 0 Å². The highest BCUT2D eigenvalue weighted by atomic mass is 16.1. The van der Waals surface area contributed by atoms with Crippen LogP contribution >= 0.6 is 0 Å². The molecule has 3 nitrogen and oxygen atoms in total. The molecule has 0 amide bonds. The molecule has 0 atom stereocenters. The predicted octanol–water partition coefficient (Wildman–Crippen LogP) is 4.09. The van der Waals surface area contributed by atoms with E-state index in [2.05, 4.69) is 50.6 Å². The van der Waals surface area contributed by atoms with Crippen molar-refractivity contribution in [2.24, 2.45) is 11.8 Å². The van der Waals surface area contributed by atoms with E-state index in [0.717, 1.165) is 37.7 Å². The summed E-state index contributed by atoms with van der Waals surface area (Å²) < 4.78 is 0. The molecule has 0 aromatic heterocycles. The van der Waals surface area contributed by atoms with Crippen molar-refractivity contribution in [3.05, 3.63) is 35.6 Å². The lowest BCUT2D eigenvalue weighted by molar-refractivity contribution is -0.117. The van der Waals surface area contributed by atoms with Crippen LogP contribution in [0.4, 0.5) is 0 Å². The summed E-state index contributed by atoms with van der Waals surface area (Å²) in [6.45, 7) is 19.5. The fraction of sp³-hybridized carbons (Fsp3) is 0.667. The van der Waals surface area contributed by atoms with Crippen LogP contribution in [0.3, 0.4) is 0 Å². The third kappa shape index (κ3) is 8.57. The Hall–Kier alpha value is -1.29. The number of Topliss-reactive ketones (excluding diaryl/α,β-unsaturated/α-hetero) is 1. The van der Waals surface area contributed by atoms with Gasteiger partial charge in [0, 0.05) is 49.9 Å². The minimum atomic E-state index is 0.0412. The Labute approximate surface area is 157 Å². The minimum absolute atomic E-state index is 0.0412. The first-order chi connectivity index (χ1) is 11.9. The molecule has 0 unspecified atom stereocenters. The van der Waals surface area contributed by atoms with Crippen molar-refractivity contribution in [3.8, 4) is 0 Å². The number of allylic oxidation sites excluding steroid dienone is 5. The number of rotatable bonds is 7. The lowest BCUT2D eigenvalue weighted by Gasteiger charge is -2.37. The molecule has 0 aromatic carbocycles.